The summed E-state index contributed by atoms with van der Waals surface area (Å²) in [5.41, 5.74) is 6.02. The number of carbonyl (C=O) groups is 1. The average molecular weight is 240 g/mol. The Morgan fingerprint density at radius 1 is 1.35 bits per heavy atom. The number of hydrogen-bond acceptors (Lipinski definition) is 2. The molecule has 1 saturated heterocycles. The number of nitrogens with two attached hydrogens (primary N) is 1. The third kappa shape index (κ3) is 4.66. The van der Waals surface area contributed by atoms with Crippen LogP contribution in [0.4, 0.5) is 0 Å². The zero-order valence-electron chi connectivity index (χ0n) is 11.8. The van der Waals surface area contributed by atoms with Crippen LogP contribution in [0.25, 0.3) is 0 Å². The summed E-state index contributed by atoms with van der Waals surface area (Å²) >= 11 is 0. The third-order valence-corrected chi connectivity index (χ3v) is 3.71. The smallest absolute Gasteiger partial charge is 0.225 e. The Balaban J connectivity index is 2.32. The summed E-state index contributed by atoms with van der Waals surface area (Å²) in [6.45, 7) is 10.4. The van der Waals surface area contributed by atoms with E-state index < -0.39 is 0 Å². The highest BCUT2D eigenvalue weighted by Crippen LogP contribution is 2.30. The second-order valence-corrected chi connectivity index (χ2v) is 6.48. The molecule has 0 aromatic rings. The van der Waals surface area contributed by atoms with Gasteiger partial charge in [-0.05, 0) is 31.6 Å². The van der Waals surface area contributed by atoms with Crippen LogP contribution < -0.4 is 5.73 Å². The van der Waals surface area contributed by atoms with E-state index in [0.29, 0.717) is 11.3 Å². The van der Waals surface area contributed by atoms with Crippen molar-refractivity contribution in [1.29, 1.82) is 0 Å². The van der Waals surface area contributed by atoms with Crippen molar-refractivity contribution in [2.24, 2.45) is 17.1 Å². The highest BCUT2D eigenvalue weighted by atomic mass is 16.2. The summed E-state index contributed by atoms with van der Waals surface area (Å²) in [4.78, 5) is 14.2. The summed E-state index contributed by atoms with van der Waals surface area (Å²) in [5, 5.41) is 0. The molecule has 0 radical (unpaired) electrons. The van der Waals surface area contributed by atoms with Crippen LogP contribution in [0.15, 0.2) is 0 Å². The fraction of sp³-hybridized carbons (Fsp3) is 0.929. The lowest BCUT2D eigenvalue weighted by molar-refractivity contribution is -0.134. The minimum atomic E-state index is 0.155. The molecule has 0 aromatic heterocycles. The summed E-state index contributed by atoms with van der Waals surface area (Å²) in [6, 6.07) is 0.253. The molecule has 1 amide bonds. The molecule has 3 nitrogen and oxygen atoms in total. The van der Waals surface area contributed by atoms with Crippen LogP contribution in [0.5, 0.6) is 0 Å². The molecule has 3 heteroatoms. The first-order chi connectivity index (χ1) is 7.82. The van der Waals surface area contributed by atoms with Gasteiger partial charge in [0.25, 0.3) is 0 Å². The van der Waals surface area contributed by atoms with E-state index in [2.05, 4.69) is 20.8 Å². The normalized spacial score (nSPS) is 22.5. The van der Waals surface area contributed by atoms with Gasteiger partial charge in [0.05, 0.1) is 0 Å². The molecule has 2 N–H and O–H groups in total. The maximum atomic E-state index is 12.2. The van der Waals surface area contributed by atoms with Gasteiger partial charge in [0, 0.05) is 25.0 Å². The van der Waals surface area contributed by atoms with Gasteiger partial charge in [0.15, 0.2) is 0 Å². The lowest BCUT2D eigenvalue weighted by Crippen LogP contribution is -2.34. The fourth-order valence-electron chi connectivity index (χ4n) is 2.48. The predicted octanol–water partition coefficient (Wildman–Crippen LogP) is 2.40. The van der Waals surface area contributed by atoms with Crippen molar-refractivity contribution >= 4 is 5.91 Å². The Bertz CT molecular complexity index is 261. The van der Waals surface area contributed by atoms with Crippen LogP contribution >= 0.6 is 0 Å². The molecule has 1 heterocycles. The molecular weight excluding hydrogens is 212 g/mol. The van der Waals surface area contributed by atoms with Crippen LogP contribution in [-0.2, 0) is 4.79 Å². The number of rotatable bonds is 5. The molecule has 1 fully saturated rings. The van der Waals surface area contributed by atoms with E-state index in [-0.39, 0.29) is 12.0 Å². The predicted molar refractivity (Wildman–Crippen MR) is 71.6 cm³/mol. The molecule has 0 saturated carbocycles. The van der Waals surface area contributed by atoms with E-state index in [0.717, 1.165) is 38.8 Å². The molecule has 2 unspecified atom stereocenters. The minimum absolute atomic E-state index is 0.155. The highest BCUT2D eigenvalue weighted by Gasteiger charge is 2.33. The van der Waals surface area contributed by atoms with Gasteiger partial charge in [-0.3, -0.25) is 4.79 Å². The fourth-order valence-corrected chi connectivity index (χ4v) is 2.48. The molecule has 0 aliphatic carbocycles. The Hall–Kier alpha value is -0.570. The first kappa shape index (κ1) is 14.5. The zero-order chi connectivity index (χ0) is 13.1. The lowest BCUT2D eigenvalue weighted by atomic mass is 9.93. The average Bonchev–Trinajstić information content (AvgIpc) is 2.57. The van der Waals surface area contributed by atoms with Gasteiger partial charge in [-0.1, -0.05) is 27.2 Å². The third-order valence-electron chi connectivity index (χ3n) is 3.71. The Morgan fingerprint density at radius 3 is 2.47 bits per heavy atom. The topological polar surface area (TPSA) is 46.3 Å². The molecule has 2 atom stereocenters. The number of hydrogen-bond donors (Lipinski definition) is 1. The largest absolute Gasteiger partial charge is 0.342 e. The van der Waals surface area contributed by atoms with Crippen LogP contribution in [0.3, 0.4) is 0 Å². The zero-order valence-corrected chi connectivity index (χ0v) is 11.8. The first-order valence-electron chi connectivity index (χ1n) is 6.86. The van der Waals surface area contributed by atoms with Gasteiger partial charge in [0.2, 0.25) is 5.91 Å². The van der Waals surface area contributed by atoms with Crippen LogP contribution in [-0.4, -0.2) is 29.9 Å². The summed E-state index contributed by atoms with van der Waals surface area (Å²) < 4.78 is 0. The standard InChI is InChI=1S/C14H28N2O/c1-11(6-5-7-12(2)15)13(17)16-9-8-14(3,4)10-16/h11-12H,5-10,15H2,1-4H3. The molecule has 0 spiro atoms. The van der Waals surface area contributed by atoms with Crippen molar-refractivity contribution < 1.29 is 4.79 Å². The highest BCUT2D eigenvalue weighted by molar-refractivity contribution is 5.78. The quantitative estimate of drug-likeness (QED) is 0.802. The van der Waals surface area contributed by atoms with Gasteiger partial charge in [-0.15, -0.1) is 0 Å². The molecule has 1 aliphatic heterocycles. The summed E-state index contributed by atoms with van der Waals surface area (Å²) in [7, 11) is 0. The lowest BCUT2D eigenvalue weighted by Gasteiger charge is -2.23. The molecule has 0 bridgehead atoms. The summed E-state index contributed by atoms with van der Waals surface area (Å²) in [6.07, 6.45) is 4.17. The van der Waals surface area contributed by atoms with Crippen molar-refractivity contribution in [2.45, 2.75) is 59.4 Å². The SMILES string of the molecule is CC(N)CCCC(C)C(=O)N1CCC(C)(C)C1. The monoisotopic (exact) mass is 240 g/mol. The molecule has 1 rings (SSSR count). The molecule has 17 heavy (non-hydrogen) atoms. The van der Waals surface area contributed by atoms with Crippen LogP contribution in [0.1, 0.15) is 53.4 Å². The van der Waals surface area contributed by atoms with E-state index >= 15 is 0 Å². The van der Waals surface area contributed by atoms with Crippen molar-refractivity contribution in [1.82, 2.24) is 4.90 Å². The van der Waals surface area contributed by atoms with Crippen molar-refractivity contribution in [3.63, 3.8) is 0 Å². The second-order valence-electron chi connectivity index (χ2n) is 6.48. The number of carbonyl (C=O) groups excluding carboxylic acids is 1. The van der Waals surface area contributed by atoms with Gasteiger partial charge < -0.3 is 10.6 Å². The van der Waals surface area contributed by atoms with Gasteiger partial charge in [-0.25, -0.2) is 0 Å². The molecular formula is C14H28N2O. The van der Waals surface area contributed by atoms with E-state index in [4.69, 9.17) is 5.73 Å². The Kier molecular flexibility index (Phi) is 4.99. The Morgan fingerprint density at radius 2 is 2.00 bits per heavy atom. The van der Waals surface area contributed by atoms with Crippen molar-refractivity contribution in [3.05, 3.63) is 0 Å². The van der Waals surface area contributed by atoms with Gasteiger partial charge in [0.1, 0.15) is 0 Å². The van der Waals surface area contributed by atoms with E-state index in [1.165, 1.54) is 0 Å². The maximum Gasteiger partial charge on any atom is 0.225 e. The number of nitrogens with zero attached hydrogens (tertiary/aromatic N) is 1. The first-order valence-corrected chi connectivity index (χ1v) is 6.86. The molecule has 0 aromatic carbocycles. The van der Waals surface area contributed by atoms with E-state index in [1.807, 2.05) is 11.8 Å². The Labute approximate surface area is 106 Å². The summed E-state index contributed by atoms with van der Waals surface area (Å²) in [5.74, 6) is 0.489. The molecule has 100 valence electrons. The van der Waals surface area contributed by atoms with Gasteiger partial charge >= 0.3 is 0 Å². The minimum Gasteiger partial charge on any atom is -0.342 e. The van der Waals surface area contributed by atoms with E-state index in [1.54, 1.807) is 0 Å². The van der Waals surface area contributed by atoms with Crippen LogP contribution in [0, 0.1) is 11.3 Å². The van der Waals surface area contributed by atoms with Crippen LogP contribution in [0.2, 0.25) is 0 Å². The maximum absolute atomic E-state index is 12.2. The van der Waals surface area contributed by atoms with E-state index in [9.17, 15) is 4.79 Å². The molecule has 1 aliphatic rings. The second kappa shape index (κ2) is 5.85. The number of amides is 1. The van der Waals surface area contributed by atoms with Crippen molar-refractivity contribution in [2.75, 3.05) is 13.1 Å². The van der Waals surface area contributed by atoms with Gasteiger partial charge in [-0.2, -0.15) is 0 Å². The number of likely N-dealkylation sites (tertiary alicyclic amines) is 1. The van der Waals surface area contributed by atoms with Crippen molar-refractivity contribution in [3.8, 4) is 0 Å².